The highest BCUT2D eigenvalue weighted by atomic mass is 15.3. The van der Waals surface area contributed by atoms with Crippen molar-refractivity contribution in [2.75, 3.05) is 7.05 Å². The zero-order valence-corrected chi connectivity index (χ0v) is 12.6. The number of rotatable bonds is 5. The Bertz CT molecular complexity index is 629. The van der Waals surface area contributed by atoms with Crippen LogP contribution in [0.2, 0.25) is 0 Å². The van der Waals surface area contributed by atoms with Gasteiger partial charge in [0.1, 0.15) is 11.8 Å². The van der Waals surface area contributed by atoms with Crippen molar-refractivity contribution in [2.45, 2.75) is 33.5 Å². The topological polar surface area (TPSA) is 49.8 Å². The number of aryl methyl sites for hydroxylation is 2. The Hall–Kier alpha value is -2.06. The standard InChI is InChI=1S/C15H21N5/c1-5-20-12(2)14(8-17-20)11-18(3)9-13-6-15(7-16)19(4)10-13/h6,8,10H,5,9,11H2,1-4H3. The van der Waals surface area contributed by atoms with E-state index >= 15 is 0 Å². The zero-order valence-electron chi connectivity index (χ0n) is 12.6. The van der Waals surface area contributed by atoms with E-state index in [-0.39, 0.29) is 0 Å². The van der Waals surface area contributed by atoms with Gasteiger partial charge in [0, 0.05) is 44.1 Å². The Morgan fingerprint density at radius 1 is 1.40 bits per heavy atom. The SMILES string of the molecule is CCn1ncc(CN(C)Cc2cc(C#N)n(C)c2)c1C. The van der Waals surface area contributed by atoms with Crippen LogP contribution >= 0.6 is 0 Å². The summed E-state index contributed by atoms with van der Waals surface area (Å²) in [5.74, 6) is 0. The lowest BCUT2D eigenvalue weighted by molar-refractivity contribution is 0.318. The van der Waals surface area contributed by atoms with Crippen LogP contribution in [0, 0.1) is 18.3 Å². The second kappa shape index (κ2) is 5.93. The van der Waals surface area contributed by atoms with Crippen LogP contribution in [0.25, 0.3) is 0 Å². The molecule has 2 heterocycles. The summed E-state index contributed by atoms with van der Waals surface area (Å²) in [6, 6.07) is 4.13. The van der Waals surface area contributed by atoms with Gasteiger partial charge >= 0.3 is 0 Å². The summed E-state index contributed by atoms with van der Waals surface area (Å²) in [4.78, 5) is 2.24. The van der Waals surface area contributed by atoms with Gasteiger partial charge in [0.2, 0.25) is 0 Å². The van der Waals surface area contributed by atoms with Crippen LogP contribution < -0.4 is 0 Å². The highest BCUT2D eigenvalue weighted by molar-refractivity contribution is 5.28. The van der Waals surface area contributed by atoms with Crippen LogP contribution in [-0.2, 0) is 26.7 Å². The van der Waals surface area contributed by atoms with Gasteiger partial charge in [-0.05, 0) is 32.5 Å². The fraction of sp³-hybridized carbons (Fsp3) is 0.467. The molecule has 0 atom stereocenters. The van der Waals surface area contributed by atoms with Crippen molar-refractivity contribution in [3.05, 3.63) is 41.0 Å². The van der Waals surface area contributed by atoms with E-state index in [4.69, 9.17) is 5.26 Å². The number of aromatic nitrogens is 3. The van der Waals surface area contributed by atoms with E-state index in [9.17, 15) is 0 Å². The lowest BCUT2D eigenvalue weighted by atomic mass is 10.2. The van der Waals surface area contributed by atoms with Gasteiger partial charge in [-0.25, -0.2) is 0 Å². The Morgan fingerprint density at radius 2 is 2.15 bits per heavy atom. The molecule has 20 heavy (non-hydrogen) atoms. The van der Waals surface area contributed by atoms with Crippen molar-refractivity contribution in [3.8, 4) is 6.07 Å². The molecular formula is C15H21N5. The molecule has 5 heteroatoms. The van der Waals surface area contributed by atoms with Crippen molar-refractivity contribution in [2.24, 2.45) is 7.05 Å². The zero-order chi connectivity index (χ0) is 14.7. The Labute approximate surface area is 120 Å². The van der Waals surface area contributed by atoms with Gasteiger partial charge < -0.3 is 4.57 Å². The lowest BCUT2D eigenvalue weighted by Gasteiger charge is -2.15. The van der Waals surface area contributed by atoms with E-state index in [1.807, 2.05) is 34.8 Å². The predicted molar refractivity (Wildman–Crippen MR) is 77.9 cm³/mol. The quantitative estimate of drug-likeness (QED) is 0.836. The maximum Gasteiger partial charge on any atom is 0.120 e. The first-order valence-electron chi connectivity index (χ1n) is 6.80. The highest BCUT2D eigenvalue weighted by Gasteiger charge is 2.10. The average molecular weight is 271 g/mol. The normalized spacial score (nSPS) is 11.0. The molecule has 106 valence electrons. The lowest BCUT2D eigenvalue weighted by Crippen LogP contribution is -2.17. The maximum absolute atomic E-state index is 8.97. The van der Waals surface area contributed by atoms with E-state index in [0.717, 1.165) is 25.2 Å². The van der Waals surface area contributed by atoms with Gasteiger partial charge in [-0.15, -0.1) is 0 Å². The highest BCUT2D eigenvalue weighted by Crippen LogP contribution is 2.13. The fourth-order valence-electron chi connectivity index (χ4n) is 2.45. The summed E-state index contributed by atoms with van der Waals surface area (Å²) in [6.07, 6.45) is 3.96. The van der Waals surface area contributed by atoms with E-state index in [1.54, 1.807) is 0 Å². The first-order chi connectivity index (χ1) is 9.55. The summed E-state index contributed by atoms with van der Waals surface area (Å²) in [5.41, 5.74) is 4.34. The Morgan fingerprint density at radius 3 is 2.70 bits per heavy atom. The molecule has 2 aromatic heterocycles. The van der Waals surface area contributed by atoms with Crippen molar-refractivity contribution in [1.29, 1.82) is 5.26 Å². The molecule has 2 aromatic rings. The van der Waals surface area contributed by atoms with Crippen molar-refractivity contribution in [1.82, 2.24) is 19.2 Å². The summed E-state index contributed by atoms with van der Waals surface area (Å²) < 4.78 is 3.88. The van der Waals surface area contributed by atoms with E-state index in [0.29, 0.717) is 5.69 Å². The van der Waals surface area contributed by atoms with E-state index in [2.05, 4.69) is 37.0 Å². The van der Waals surface area contributed by atoms with Crippen LogP contribution in [0.15, 0.2) is 18.5 Å². The molecule has 0 aliphatic rings. The molecule has 0 aliphatic heterocycles. The first kappa shape index (κ1) is 14.4. The van der Waals surface area contributed by atoms with Gasteiger partial charge in [-0.1, -0.05) is 0 Å². The Kier molecular flexibility index (Phi) is 4.26. The minimum Gasteiger partial charge on any atom is -0.342 e. The second-order valence-electron chi connectivity index (χ2n) is 5.20. The van der Waals surface area contributed by atoms with Crippen molar-refractivity contribution >= 4 is 0 Å². The minimum atomic E-state index is 0.698. The summed E-state index contributed by atoms with van der Waals surface area (Å²) in [7, 11) is 3.99. The molecule has 0 amide bonds. The molecule has 5 nitrogen and oxygen atoms in total. The molecular weight excluding hydrogens is 250 g/mol. The molecule has 0 spiro atoms. The number of nitrogens with zero attached hydrogens (tertiary/aromatic N) is 5. The maximum atomic E-state index is 8.97. The molecule has 0 bridgehead atoms. The number of nitriles is 1. The van der Waals surface area contributed by atoms with Gasteiger partial charge in [-0.2, -0.15) is 10.4 Å². The third-order valence-electron chi connectivity index (χ3n) is 3.57. The van der Waals surface area contributed by atoms with Gasteiger partial charge in [-0.3, -0.25) is 9.58 Å². The Balaban J connectivity index is 2.03. The summed E-state index contributed by atoms with van der Waals surface area (Å²) >= 11 is 0. The molecule has 2 rings (SSSR count). The van der Waals surface area contributed by atoms with Crippen LogP contribution in [-0.4, -0.2) is 26.3 Å². The summed E-state index contributed by atoms with van der Waals surface area (Å²) in [5, 5.41) is 13.3. The predicted octanol–water partition coefficient (Wildman–Crippen LogP) is 2.05. The van der Waals surface area contributed by atoms with Crippen LogP contribution in [0.3, 0.4) is 0 Å². The second-order valence-corrected chi connectivity index (χ2v) is 5.20. The van der Waals surface area contributed by atoms with Gasteiger partial charge in [0.25, 0.3) is 0 Å². The third-order valence-corrected chi connectivity index (χ3v) is 3.57. The molecule has 0 aromatic carbocycles. The third kappa shape index (κ3) is 2.91. The first-order valence-corrected chi connectivity index (χ1v) is 6.80. The van der Waals surface area contributed by atoms with Crippen LogP contribution in [0.5, 0.6) is 0 Å². The van der Waals surface area contributed by atoms with Crippen LogP contribution in [0.4, 0.5) is 0 Å². The van der Waals surface area contributed by atoms with Gasteiger partial charge in [0.05, 0.1) is 6.20 Å². The molecule has 0 N–H and O–H groups in total. The molecule has 0 saturated heterocycles. The van der Waals surface area contributed by atoms with Crippen molar-refractivity contribution in [3.63, 3.8) is 0 Å². The minimum absolute atomic E-state index is 0.698. The van der Waals surface area contributed by atoms with E-state index in [1.165, 1.54) is 11.3 Å². The largest absolute Gasteiger partial charge is 0.342 e. The number of hydrogen-bond acceptors (Lipinski definition) is 3. The number of hydrogen-bond donors (Lipinski definition) is 0. The molecule has 0 fully saturated rings. The molecule has 0 aliphatic carbocycles. The molecule has 0 radical (unpaired) electrons. The van der Waals surface area contributed by atoms with Crippen LogP contribution in [0.1, 0.15) is 29.4 Å². The summed E-state index contributed by atoms with van der Waals surface area (Å²) in [6.45, 7) is 6.80. The molecule has 0 saturated carbocycles. The average Bonchev–Trinajstić information content (AvgIpc) is 2.93. The smallest absolute Gasteiger partial charge is 0.120 e. The van der Waals surface area contributed by atoms with Gasteiger partial charge in [0.15, 0.2) is 0 Å². The van der Waals surface area contributed by atoms with E-state index < -0.39 is 0 Å². The molecule has 0 unspecified atom stereocenters. The van der Waals surface area contributed by atoms with Crippen molar-refractivity contribution < 1.29 is 0 Å². The fourth-order valence-corrected chi connectivity index (χ4v) is 2.45. The monoisotopic (exact) mass is 271 g/mol.